The minimum atomic E-state index is 0.362. The molecule has 0 amide bonds. The van der Waals surface area contributed by atoms with Crippen LogP contribution in [0.2, 0.25) is 0 Å². The van der Waals surface area contributed by atoms with Gasteiger partial charge in [-0.2, -0.15) is 0 Å². The van der Waals surface area contributed by atoms with Gasteiger partial charge in [0.2, 0.25) is 6.54 Å². The van der Waals surface area contributed by atoms with E-state index in [9.17, 15) is 0 Å². The summed E-state index contributed by atoms with van der Waals surface area (Å²) < 4.78 is 0. The molecule has 74 valence electrons. The normalized spacial score (nSPS) is 13.7. The average Bonchev–Trinajstić information content (AvgIpc) is 2.30. The predicted molar refractivity (Wildman–Crippen MR) is 59.7 cm³/mol. The van der Waals surface area contributed by atoms with E-state index in [1.54, 1.807) is 0 Å². The molecule has 1 aliphatic carbocycles. The molecule has 0 radical (unpaired) electrons. The highest BCUT2D eigenvalue weighted by Gasteiger charge is 2.17. The Hall–Kier alpha value is -1.80. The van der Waals surface area contributed by atoms with E-state index < -0.39 is 0 Å². The zero-order chi connectivity index (χ0) is 10.7. The summed E-state index contributed by atoms with van der Waals surface area (Å²) in [7, 11) is 0. The van der Waals surface area contributed by atoms with Crippen molar-refractivity contribution in [1.29, 1.82) is 0 Å². The minimum absolute atomic E-state index is 0.362. The van der Waals surface area contributed by atoms with Crippen LogP contribution in [0.25, 0.3) is 9.69 Å². The van der Waals surface area contributed by atoms with Crippen LogP contribution >= 0.6 is 0 Å². The second-order valence-corrected chi connectivity index (χ2v) is 3.84. The molecule has 1 aromatic carbocycles. The second-order valence-electron chi connectivity index (χ2n) is 3.84. The lowest BCUT2D eigenvalue weighted by Gasteiger charge is -2.18. The highest BCUT2D eigenvalue weighted by molar-refractivity contribution is 5.59. The fraction of sp³-hybridized carbons (Fsp3) is 0.385. The minimum Gasteiger partial charge on any atom is -0.313 e. The lowest BCUT2D eigenvalue weighted by atomic mass is 9.87. The Balaban J connectivity index is 2.56. The van der Waals surface area contributed by atoms with Crippen molar-refractivity contribution in [3.05, 3.63) is 51.7 Å². The highest BCUT2D eigenvalue weighted by atomic mass is 14.7. The fourth-order valence-electron chi connectivity index (χ4n) is 2.25. The molecule has 0 saturated carbocycles. The summed E-state index contributed by atoms with van der Waals surface area (Å²) in [6, 6.07) is 3.94. The maximum absolute atomic E-state index is 7.10. The molecule has 0 unspecified atom stereocenters. The van der Waals surface area contributed by atoms with Gasteiger partial charge in [0.1, 0.15) is 0 Å². The van der Waals surface area contributed by atoms with E-state index in [-0.39, 0.29) is 0 Å². The first-order valence-corrected chi connectivity index (χ1v) is 5.21. The van der Waals surface area contributed by atoms with Crippen molar-refractivity contribution in [2.75, 3.05) is 0 Å². The number of fused-ring (bicyclic) bond motifs is 1. The Morgan fingerprint density at radius 2 is 1.93 bits per heavy atom. The Bertz CT molecular complexity index is 461. The first kappa shape index (κ1) is 9.74. The van der Waals surface area contributed by atoms with Crippen molar-refractivity contribution in [3.8, 4) is 0 Å². The molecule has 0 N–H and O–H groups in total. The summed E-state index contributed by atoms with van der Waals surface area (Å²) in [5.74, 6) is 0. The van der Waals surface area contributed by atoms with Gasteiger partial charge in [-0.3, -0.25) is 0 Å². The molecule has 15 heavy (non-hydrogen) atoms. The van der Waals surface area contributed by atoms with E-state index in [1.807, 2.05) is 6.07 Å². The van der Waals surface area contributed by atoms with Crippen LogP contribution in [0.4, 0.5) is 5.69 Å². The quantitative estimate of drug-likeness (QED) is 0.607. The van der Waals surface area contributed by atoms with E-state index >= 15 is 0 Å². The number of rotatable bonds is 1. The van der Waals surface area contributed by atoms with Crippen LogP contribution in [-0.2, 0) is 19.4 Å². The van der Waals surface area contributed by atoms with Crippen molar-refractivity contribution in [1.82, 2.24) is 0 Å². The molecule has 0 aromatic heterocycles. The van der Waals surface area contributed by atoms with Gasteiger partial charge in [0.15, 0.2) is 5.69 Å². The van der Waals surface area contributed by atoms with E-state index in [4.69, 9.17) is 13.1 Å². The zero-order valence-corrected chi connectivity index (χ0v) is 8.58. The molecule has 0 spiro atoms. The topological polar surface area (TPSA) is 8.72 Å². The average molecular weight is 196 g/mol. The van der Waals surface area contributed by atoms with Crippen LogP contribution in [0.15, 0.2) is 12.1 Å². The molecule has 0 heterocycles. The predicted octanol–water partition coefficient (Wildman–Crippen LogP) is 3.54. The molecule has 1 aromatic rings. The second kappa shape index (κ2) is 4.15. The first-order valence-electron chi connectivity index (χ1n) is 5.21. The van der Waals surface area contributed by atoms with E-state index in [0.29, 0.717) is 12.2 Å². The van der Waals surface area contributed by atoms with Crippen LogP contribution in [0.5, 0.6) is 0 Å². The fourth-order valence-corrected chi connectivity index (χ4v) is 2.25. The Morgan fingerprint density at radius 3 is 2.67 bits per heavy atom. The van der Waals surface area contributed by atoms with Crippen molar-refractivity contribution in [2.45, 2.75) is 32.2 Å². The van der Waals surface area contributed by atoms with E-state index in [0.717, 1.165) is 18.4 Å². The lowest BCUT2D eigenvalue weighted by Crippen LogP contribution is -2.05. The van der Waals surface area contributed by atoms with Crippen LogP contribution in [0.3, 0.4) is 0 Å². The third kappa shape index (κ3) is 1.72. The number of hydrogen-bond acceptors (Lipinski definition) is 0. The molecular formula is C13H12N2. The molecule has 0 bridgehead atoms. The first-order chi connectivity index (χ1) is 7.36. The van der Waals surface area contributed by atoms with Gasteiger partial charge in [0.05, 0.1) is 6.57 Å². The number of aryl methyl sites for hydroxylation is 1. The molecule has 0 atom stereocenters. The van der Waals surface area contributed by atoms with Crippen LogP contribution < -0.4 is 0 Å². The van der Waals surface area contributed by atoms with Crippen molar-refractivity contribution in [2.24, 2.45) is 0 Å². The monoisotopic (exact) mass is 196 g/mol. The maximum atomic E-state index is 7.10. The number of benzene rings is 1. The van der Waals surface area contributed by atoms with E-state index in [2.05, 4.69) is 15.8 Å². The largest absolute Gasteiger partial charge is 0.313 e. The standard InChI is InChI=1S/C13H12N2/c1-14-9-12-11-6-4-3-5-10(11)7-8-13(12)15-2/h7-8H,3-6,9H2. The molecule has 2 heteroatoms. The summed E-state index contributed by atoms with van der Waals surface area (Å²) in [6.45, 7) is 14.4. The summed E-state index contributed by atoms with van der Waals surface area (Å²) in [4.78, 5) is 6.93. The zero-order valence-electron chi connectivity index (χ0n) is 8.58. The summed E-state index contributed by atoms with van der Waals surface area (Å²) in [5.41, 5.74) is 4.29. The molecule has 0 aliphatic heterocycles. The summed E-state index contributed by atoms with van der Waals surface area (Å²) in [6.07, 6.45) is 4.59. The van der Waals surface area contributed by atoms with Gasteiger partial charge in [0.25, 0.3) is 0 Å². The lowest BCUT2D eigenvalue weighted by molar-refractivity contribution is 0.681. The van der Waals surface area contributed by atoms with Crippen LogP contribution in [-0.4, -0.2) is 0 Å². The SMILES string of the molecule is [C-]#[N+]Cc1c([N+]#[C-])ccc2c1CCCC2. The summed E-state index contributed by atoms with van der Waals surface area (Å²) in [5, 5.41) is 0. The molecular weight excluding hydrogens is 184 g/mol. The molecule has 0 fully saturated rings. The van der Waals surface area contributed by atoms with Gasteiger partial charge < -0.3 is 4.85 Å². The Kier molecular flexibility index (Phi) is 2.70. The van der Waals surface area contributed by atoms with Gasteiger partial charge in [-0.05, 0) is 36.8 Å². The molecule has 2 rings (SSSR count). The van der Waals surface area contributed by atoms with Gasteiger partial charge in [0, 0.05) is 5.56 Å². The molecule has 1 aliphatic rings. The van der Waals surface area contributed by atoms with Crippen molar-refractivity contribution in [3.63, 3.8) is 0 Å². The van der Waals surface area contributed by atoms with Gasteiger partial charge >= 0.3 is 0 Å². The van der Waals surface area contributed by atoms with Crippen LogP contribution in [0.1, 0.15) is 29.5 Å². The Labute approximate surface area is 90.2 Å². The van der Waals surface area contributed by atoms with Crippen molar-refractivity contribution >= 4 is 5.69 Å². The third-order valence-corrected chi connectivity index (χ3v) is 2.98. The van der Waals surface area contributed by atoms with E-state index in [1.165, 1.54) is 24.0 Å². The highest BCUT2D eigenvalue weighted by Crippen LogP contribution is 2.31. The number of hydrogen-bond donors (Lipinski definition) is 0. The third-order valence-electron chi connectivity index (χ3n) is 2.98. The van der Waals surface area contributed by atoms with Crippen molar-refractivity contribution < 1.29 is 0 Å². The Morgan fingerprint density at radius 1 is 1.13 bits per heavy atom. The molecule has 0 saturated heterocycles. The van der Waals surface area contributed by atoms with Crippen LogP contribution in [0, 0.1) is 13.1 Å². The van der Waals surface area contributed by atoms with Gasteiger partial charge in [-0.1, -0.05) is 12.1 Å². The maximum Gasteiger partial charge on any atom is 0.231 e. The summed E-state index contributed by atoms with van der Waals surface area (Å²) >= 11 is 0. The number of nitrogens with zero attached hydrogens (tertiary/aromatic N) is 2. The smallest absolute Gasteiger partial charge is 0.231 e. The van der Waals surface area contributed by atoms with Gasteiger partial charge in [-0.25, -0.2) is 11.4 Å². The van der Waals surface area contributed by atoms with Gasteiger partial charge in [-0.15, -0.1) is 0 Å². The molecule has 2 nitrogen and oxygen atoms in total.